The average molecular weight is 617 g/mol. The minimum atomic E-state index is -0.843. The van der Waals surface area contributed by atoms with E-state index < -0.39 is 23.9 Å². The van der Waals surface area contributed by atoms with Gasteiger partial charge in [-0.25, -0.2) is 29.1 Å². The Balaban J connectivity index is 2.80. The van der Waals surface area contributed by atoms with Crippen molar-refractivity contribution in [1.29, 1.82) is 0 Å². The largest absolute Gasteiger partial charge is 0.462 e. The molecule has 0 aliphatic carbocycles. The predicted octanol–water partition coefficient (Wildman–Crippen LogP) is 3.91. The van der Waals surface area contributed by atoms with Gasteiger partial charge in [0.05, 0.1) is 26.4 Å². The number of anilines is 2. The number of carbonyl (C=O) groups is 4. The van der Waals surface area contributed by atoms with E-state index in [1.807, 2.05) is 27.7 Å². The van der Waals surface area contributed by atoms with Gasteiger partial charge in [0.15, 0.2) is 11.1 Å². The standard InChI is InChI=1S/C30H44N6O8/c1-11-41-27(37)19(28(38)42-12-2)15-31-25-21(33-23(17(5)6)35(25)9)22-26(36(10)24(34-22)18(7)8)32-16-20(29(39)43-13-3)30(40)44-14-4/h15-18,31-32H,11-14H2,1-10H3. The fourth-order valence-electron chi connectivity index (χ4n) is 4.24. The molecule has 14 nitrogen and oxygen atoms in total. The fourth-order valence-corrected chi connectivity index (χ4v) is 4.24. The molecule has 0 fully saturated rings. The van der Waals surface area contributed by atoms with Gasteiger partial charge in [0.2, 0.25) is 0 Å². The highest BCUT2D eigenvalue weighted by atomic mass is 16.6. The second-order valence-corrected chi connectivity index (χ2v) is 10.0. The Kier molecular flexibility index (Phi) is 13.2. The number of nitrogens with one attached hydrogen (secondary N) is 2. The highest BCUT2D eigenvalue weighted by Gasteiger charge is 2.28. The minimum Gasteiger partial charge on any atom is -0.462 e. The Hall–Kier alpha value is -4.62. The van der Waals surface area contributed by atoms with Crippen LogP contribution in [0.2, 0.25) is 0 Å². The first-order valence-corrected chi connectivity index (χ1v) is 14.6. The van der Waals surface area contributed by atoms with E-state index in [2.05, 4.69) is 10.6 Å². The molecule has 0 atom stereocenters. The van der Waals surface area contributed by atoms with E-state index in [0.717, 1.165) is 0 Å². The summed E-state index contributed by atoms with van der Waals surface area (Å²) in [4.78, 5) is 60.1. The Labute approximate surface area is 257 Å². The van der Waals surface area contributed by atoms with Crippen molar-refractivity contribution < 1.29 is 38.1 Å². The number of hydrogen-bond acceptors (Lipinski definition) is 12. The normalized spacial score (nSPS) is 10.7. The van der Waals surface area contributed by atoms with Crippen molar-refractivity contribution in [2.75, 3.05) is 37.1 Å². The van der Waals surface area contributed by atoms with E-state index in [0.29, 0.717) is 34.7 Å². The molecule has 2 rings (SSSR count). The van der Waals surface area contributed by atoms with Gasteiger partial charge in [-0.2, -0.15) is 0 Å². The Morgan fingerprint density at radius 1 is 0.614 bits per heavy atom. The molecule has 2 aromatic rings. The van der Waals surface area contributed by atoms with E-state index in [4.69, 9.17) is 28.9 Å². The summed E-state index contributed by atoms with van der Waals surface area (Å²) in [7, 11) is 3.57. The second kappa shape index (κ2) is 16.3. The number of ether oxygens (including phenoxy) is 4. The number of aromatic nitrogens is 4. The van der Waals surface area contributed by atoms with Crippen LogP contribution in [0, 0.1) is 0 Å². The van der Waals surface area contributed by atoms with Gasteiger partial charge in [-0.05, 0) is 27.7 Å². The van der Waals surface area contributed by atoms with E-state index in [1.54, 1.807) is 50.9 Å². The zero-order chi connectivity index (χ0) is 33.1. The lowest BCUT2D eigenvalue weighted by atomic mass is 10.2. The summed E-state index contributed by atoms with van der Waals surface area (Å²) in [6.45, 7) is 14.7. The fraction of sp³-hybridized carbons (Fsp3) is 0.533. The van der Waals surface area contributed by atoms with Crippen molar-refractivity contribution in [3.63, 3.8) is 0 Å². The molecule has 0 spiro atoms. The van der Waals surface area contributed by atoms with Crippen molar-refractivity contribution in [2.45, 2.75) is 67.2 Å². The molecule has 44 heavy (non-hydrogen) atoms. The molecule has 0 aliphatic heterocycles. The lowest BCUT2D eigenvalue weighted by Gasteiger charge is -2.12. The van der Waals surface area contributed by atoms with Crippen LogP contribution in [0.15, 0.2) is 23.5 Å². The zero-order valence-corrected chi connectivity index (χ0v) is 27.2. The number of imidazole rings is 2. The topological polar surface area (TPSA) is 165 Å². The summed E-state index contributed by atoms with van der Waals surface area (Å²) in [6, 6.07) is 0. The number of carbonyl (C=O) groups excluding carboxylic acids is 4. The van der Waals surface area contributed by atoms with Crippen molar-refractivity contribution in [1.82, 2.24) is 19.1 Å². The van der Waals surface area contributed by atoms with Crippen LogP contribution in [0.25, 0.3) is 11.4 Å². The Morgan fingerprint density at radius 2 is 0.886 bits per heavy atom. The first-order chi connectivity index (χ1) is 20.8. The lowest BCUT2D eigenvalue weighted by molar-refractivity contribution is -0.148. The molecule has 0 aromatic carbocycles. The summed E-state index contributed by atoms with van der Waals surface area (Å²) >= 11 is 0. The molecule has 0 aliphatic rings. The predicted molar refractivity (Wildman–Crippen MR) is 164 cm³/mol. The maximum Gasteiger partial charge on any atom is 0.347 e. The third-order valence-electron chi connectivity index (χ3n) is 6.20. The van der Waals surface area contributed by atoms with Crippen LogP contribution < -0.4 is 10.6 Å². The molecule has 0 radical (unpaired) electrons. The van der Waals surface area contributed by atoms with Gasteiger partial charge >= 0.3 is 23.9 Å². The molecule has 2 heterocycles. The van der Waals surface area contributed by atoms with Gasteiger partial charge in [-0.3, -0.25) is 0 Å². The lowest BCUT2D eigenvalue weighted by Crippen LogP contribution is -2.20. The summed E-state index contributed by atoms with van der Waals surface area (Å²) in [5, 5.41) is 6.10. The van der Waals surface area contributed by atoms with E-state index in [9.17, 15) is 19.2 Å². The first-order valence-electron chi connectivity index (χ1n) is 14.6. The molecule has 0 bridgehead atoms. The molecule has 2 N–H and O–H groups in total. The van der Waals surface area contributed by atoms with Crippen LogP contribution in [0.1, 0.15) is 78.9 Å². The first kappa shape index (κ1) is 35.6. The maximum absolute atomic E-state index is 12.6. The van der Waals surface area contributed by atoms with E-state index in [-0.39, 0.29) is 49.4 Å². The number of rotatable bonds is 15. The van der Waals surface area contributed by atoms with E-state index in [1.165, 1.54) is 12.4 Å². The molecule has 0 saturated carbocycles. The summed E-state index contributed by atoms with van der Waals surface area (Å²) < 4.78 is 23.8. The van der Waals surface area contributed by atoms with Crippen molar-refractivity contribution in [3.05, 3.63) is 35.2 Å². The summed E-state index contributed by atoms with van der Waals surface area (Å²) in [6.07, 6.45) is 2.44. The third-order valence-corrected chi connectivity index (χ3v) is 6.20. The Bertz CT molecular complexity index is 1270. The van der Waals surface area contributed by atoms with Gasteiger partial charge in [0.25, 0.3) is 0 Å². The van der Waals surface area contributed by atoms with Crippen molar-refractivity contribution in [3.8, 4) is 11.4 Å². The van der Waals surface area contributed by atoms with Gasteiger partial charge in [0.1, 0.15) is 34.7 Å². The monoisotopic (exact) mass is 616 g/mol. The SMILES string of the molecule is CCOC(=O)C(=CNc1c(-c2nc(C(C)C)n(C)c2NC=C(C(=O)OCC)C(=O)OCC)nc(C(C)C)n1C)C(=O)OCC. The van der Waals surface area contributed by atoms with Crippen LogP contribution in [-0.2, 0) is 52.2 Å². The van der Waals surface area contributed by atoms with E-state index >= 15 is 0 Å². The van der Waals surface area contributed by atoms with Gasteiger partial charge in [-0.1, -0.05) is 27.7 Å². The Morgan fingerprint density at radius 3 is 1.11 bits per heavy atom. The number of esters is 4. The van der Waals surface area contributed by atoms with Gasteiger partial charge in [0, 0.05) is 38.3 Å². The molecule has 2 aromatic heterocycles. The molecule has 0 amide bonds. The van der Waals surface area contributed by atoms with Gasteiger partial charge < -0.3 is 38.7 Å². The van der Waals surface area contributed by atoms with Crippen molar-refractivity contribution >= 4 is 35.5 Å². The molecule has 0 unspecified atom stereocenters. The highest BCUT2D eigenvalue weighted by molar-refractivity contribution is 6.15. The highest BCUT2D eigenvalue weighted by Crippen LogP contribution is 2.36. The average Bonchev–Trinajstić information content (AvgIpc) is 3.45. The maximum atomic E-state index is 12.6. The minimum absolute atomic E-state index is 0.0170. The van der Waals surface area contributed by atoms with Crippen LogP contribution in [0.3, 0.4) is 0 Å². The molecule has 0 saturated heterocycles. The van der Waals surface area contributed by atoms with Crippen LogP contribution >= 0.6 is 0 Å². The summed E-state index contributed by atoms with van der Waals surface area (Å²) in [5.74, 6) is -1.22. The zero-order valence-electron chi connectivity index (χ0n) is 27.2. The van der Waals surface area contributed by atoms with Crippen LogP contribution in [0.4, 0.5) is 11.6 Å². The number of hydrogen-bond donors (Lipinski definition) is 2. The molecule has 14 heteroatoms. The van der Waals surface area contributed by atoms with Gasteiger partial charge in [-0.15, -0.1) is 0 Å². The van der Waals surface area contributed by atoms with Crippen LogP contribution in [0.5, 0.6) is 0 Å². The quantitative estimate of drug-likeness (QED) is 0.0976. The third kappa shape index (κ3) is 8.26. The van der Waals surface area contributed by atoms with Crippen LogP contribution in [-0.4, -0.2) is 69.4 Å². The second-order valence-electron chi connectivity index (χ2n) is 10.0. The smallest absolute Gasteiger partial charge is 0.347 e. The van der Waals surface area contributed by atoms with Crippen molar-refractivity contribution in [2.24, 2.45) is 14.1 Å². The number of nitrogens with zero attached hydrogens (tertiary/aromatic N) is 4. The molecular formula is C30H44N6O8. The summed E-state index contributed by atoms with van der Waals surface area (Å²) in [5.41, 5.74) is 0.106. The molecule has 242 valence electrons. The molecular weight excluding hydrogens is 572 g/mol.